The van der Waals surface area contributed by atoms with Crippen LogP contribution < -0.4 is 10.6 Å². The maximum atomic E-state index is 12.9. The number of allylic oxidation sites excluding steroid dienone is 2. The SMILES string of the molecule is Cc1cccc(NC(=O)CC2CCC3C4CC(Cl)=C5NC(=O)CCC5(C)C4CCC23C)n1. The number of aromatic nitrogens is 1. The molecule has 0 aromatic carbocycles. The summed E-state index contributed by atoms with van der Waals surface area (Å²) in [6.45, 7) is 6.67. The van der Waals surface area contributed by atoms with E-state index in [1.165, 1.54) is 6.42 Å². The van der Waals surface area contributed by atoms with Gasteiger partial charge in [-0.3, -0.25) is 9.59 Å². The van der Waals surface area contributed by atoms with E-state index >= 15 is 0 Å². The van der Waals surface area contributed by atoms with E-state index in [0.29, 0.717) is 42.3 Å². The number of carbonyl (C=O) groups excluding carboxylic acids is 2. The first-order chi connectivity index (χ1) is 15.2. The Kier molecular flexibility index (Phi) is 5.39. The molecule has 1 aromatic rings. The van der Waals surface area contributed by atoms with Crippen LogP contribution in [0.5, 0.6) is 0 Å². The van der Waals surface area contributed by atoms with Crippen LogP contribution in [-0.4, -0.2) is 16.8 Å². The number of hydrogen-bond acceptors (Lipinski definition) is 3. The molecule has 0 radical (unpaired) electrons. The first kappa shape index (κ1) is 21.9. The van der Waals surface area contributed by atoms with Crippen molar-refractivity contribution in [1.29, 1.82) is 0 Å². The number of anilines is 1. The van der Waals surface area contributed by atoms with E-state index in [-0.39, 0.29) is 22.6 Å². The molecule has 32 heavy (non-hydrogen) atoms. The number of rotatable bonds is 3. The Morgan fingerprint density at radius 1 is 1.22 bits per heavy atom. The van der Waals surface area contributed by atoms with Gasteiger partial charge in [-0.25, -0.2) is 4.98 Å². The second-order valence-electron chi connectivity index (χ2n) is 11.1. The fraction of sp³-hybridized carbons (Fsp3) is 0.654. The van der Waals surface area contributed by atoms with Crippen molar-refractivity contribution >= 4 is 29.2 Å². The van der Waals surface area contributed by atoms with E-state index in [1.807, 2.05) is 25.1 Å². The highest BCUT2D eigenvalue weighted by Gasteiger charge is 2.59. The highest BCUT2D eigenvalue weighted by molar-refractivity contribution is 6.30. The summed E-state index contributed by atoms with van der Waals surface area (Å²) in [5.74, 6) is 2.89. The summed E-state index contributed by atoms with van der Waals surface area (Å²) < 4.78 is 0. The average Bonchev–Trinajstić information content (AvgIpc) is 3.06. The molecule has 0 bridgehead atoms. The Morgan fingerprint density at radius 3 is 2.81 bits per heavy atom. The Hall–Kier alpha value is -1.88. The summed E-state index contributed by atoms with van der Waals surface area (Å²) in [4.78, 5) is 29.3. The number of piperidine rings is 1. The van der Waals surface area contributed by atoms with E-state index in [1.54, 1.807) is 0 Å². The van der Waals surface area contributed by atoms with Gasteiger partial charge in [0.15, 0.2) is 0 Å². The van der Waals surface area contributed by atoms with E-state index in [4.69, 9.17) is 11.6 Å². The number of aryl methyl sites for hydroxylation is 1. The second-order valence-corrected chi connectivity index (χ2v) is 11.5. The number of nitrogens with one attached hydrogen (secondary N) is 2. The van der Waals surface area contributed by atoms with Crippen molar-refractivity contribution in [3.63, 3.8) is 0 Å². The molecule has 2 saturated carbocycles. The molecule has 1 aliphatic heterocycles. The highest BCUT2D eigenvalue weighted by atomic mass is 35.5. The Morgan fingerprint density at radius 2 is 2.03 bits per heavy atom. The summed E-state index contributed by atoms with van der Waals surface area (Å²) in [5, 5.41) is 7.00. The molecular weight excluding hydrogens is 422 g/mol. The quantitative estimate of drug-likeness (QED) is 0.627. The molecule has 5 rings (SSSR count). The predicted molar refractivity (Wildman–Crippen MR) is 126 cm³/mol. The largest absolute Gasteiger partial charge is 0.328 e. The van der Waals surface area contributed by atoms with E-state index in [9.17, 15) is 9.59 Å². The average molecular weight is 456 g/mol. The van der Waals surface area contributed by atoms with Crippen molar-refractivity contribution in [2.24, 2.45) is 34.5 Å². The van der Waals surface area contributed by atoms with Gasteiger partial charge in [0.25, 0.3) is 0 Å². The maximum Gasteiger partial charge on any atom is 0.225 e. The zero-order chi connectivity index (χ0) is 22.7. The zero-order valence-corrected chi connectivity index (χ0v) is 20.1. The van der Waals surface area contributed by atoms with Crippen LogP contribution in [0.4, 0.5) is 5.82 Å². The summed E-state index contributed by atoms with van der Waals surface area (Å²) in [6.07, 6.45) is 7.46. The predicted octanol–water partition coefficient (Wildman–Crippen LogP) is 5.55. The van der Waals surface area contributed by atoms with Crippen LogP contribution in [0.3, 0.4) is 0 Å². The number of pyridine rings is 1. The summed E-state index contributed by atoms with van der Waals surface area (Å²) in [6, 6.07) is 5.71. The standard InChI is InChI=1S/C26H34ClN3O2/c1-15-5-4-6-21(28-15)29-23(32)13-16-7-8-18-17-14-20(27)24-26(3,12-10-22(31)30-24)19(17)9-11-25(16,18)2/h4-6,16-19H,7-14H2,1-3H3,(H,30,31)(H,28,29,32). The molecule has 1 aromatic heterocycles. The lowest BCUT2D eigenvalue weighted by atomic mass is 9.49. The first-order valence-corrected chi connectivity index (χ1v) is 12.5. The fourth-order valence-electron chi connectivity index (χ4n) is 7.74. The van der Waals surface area contributed by atoms with Crippen LogP contribution in [0.25, 0.3) is 0 Å². The second kappa shape index (κ2) is 7.86. The van der Waals surface area contributed by atoms with Crippen LogP contribution in [0.2, 0.25) is 0 Å². The van der Waals surface area contributed by atoms with Gasteiger partial charge in [-0.05, 0) is 86.7 Å². The van der Waals surface area contributed by atoms with Gasteiger partial charge in [0.05, 0.1) is 0 Å². The summed E-state index contributed by atoms with van der Waals surface area (Å²) >= 11 is 6.82. The van der Waals surface area contributed by atoms with Crippen molar-refractivity contribution in [2.45, 2.75) is 72.1 Å². The van der Waals surface area contributed by atoms with Crippen molar-refractivity contribution < 1.29 is 9.59 Å². The number of hydrogen-bond donors (Lipinski definition) is 2. The van der Waals surface area contributed by atoms with Gasteiger partial charge in [-0.1, -0.05) is 31.5 Å². The zero-order valence-electron chi connectivity index (χ0n) is 19.3. The molecule has 4 aliphatic rings. The lowest BCUT2D eigenvalue weighted by Crippen LogP contribution is -2.54. The van der Waals surface area contributed by atoms with Crippen LogP contribution >= 0.6 is 11.6 Å². The number of fused-ring (bicyclic) bond motifs is 5. The first-order valence-electron chi connectivity index (χ1n) is 12.1. The molecule has 6 unspecified atom stereocenters. The molecule has 2 N–H and O–H groups in total. The molecule has 6 atom stereocenters. The molecule has 6 heteroatoms. The third-order valence-electron chi connectivity index (χ3n) is 9.43. The number of amides is 2. The molecule has 172 valence electrons. The maximum absolute atomic E-state index is 12.9. The van der Waals surface area contributed by atoms with Gasteiger partial charge in [-0.2, -0.15) is 0 Å². The number of halogens is 1. The van der Waals surface area contributed by atoms with E-state index < -0.39 is 0 Å². The number of carbonyl (C=O) groups is 2. The third kappa shape index (κ3) is 3.48. The van der Waals surface area contributed by atoms with Crippen LogP contribution in [0.1, 0.15) is 70.9 Å². The fourth-order valence-corrected chi connectivity index (χ4v) is 8.18. The van der Waals surface area contributed by atoms with Gasteiger partial charge in [-0.15, -0.1) is 0 Å². The van der Waals surface area contributed by atoms with Gasteiger partial charge in [0, 0.05) is 34.7 Å². The number of nitrogens with zero attached hydrogens (tertiary/aromatic N) is 1. The lowest BCUT2D eigenvalue weighted by molar-refractivity contribution is -0.125. The third-order valence-corrected chi connectivity index (χ3v) is 9.78. The molecule has 1 saturated heterocycles. The molecule has 3 aliphatic carbocycles. The molecule has 2 heterocycles. The highest BCUT2D eigenvalue weighted by Crippen LogP contribution is 2.66. The Bertz CT molecular complexity index is 991. The molecule has 2 amide bonds. The minimum Gasteiger partial charge on any atom is -0.328 e. The van der Waals surface area contributed by atoms with Gasteiger partial charge in [0.1, 0.15) is 5.82 Å². The smallest absolute Gasteiger partial charge is 0.225 e. The van der Waals surface area contributed by atoms with Crippen molar-refractivity contribution in [3.05, 3.63) is 34.6 Å². The van der Waals surface area contributed by atoms with Crippen LogP contribution in [0.15, 0.2) is 28.9 Å². The summed E-state index contributed by atoms with van der Waals surface area (Å²) in [5.41, 5.74) is 2.05. The molecule has 0 spiro atoms. The topological polar surface area (TPSA) is 71.1 Å². The normalized spacial score (nSPS) is 38.4. The Balaban J connectivity index is 1.33. The molecule has 3 fully saturated rings. The minimum absolute atomic E-state index is 0.0262. The van der Waals surface area contributed by atoms with Gasteiger partial charge in [0.2, 0.25) is 11.8 Å². The van der Waals surface area contributed by atoms with Crippen molar-refractivity contribution in [2.75, 3.05) is 5.32 Å². The monoisotopic (exact) mass is 455 g/mol. The van der Waals surface area contributed by atoms with Crippen LogP contribution in [0, 0.1) is 41.4 Å². The lowest BCUT2D eigenvalue weighted by Gasteiger charge is -2.57. The van der Waals surface area contributed by atoms with Crippen LogP contribution in [-0.2, 0) is 9.59 Å². The van der Waals surface area contributed by atoms with Gasteiger partial charge < -0.3 is 10.6 Å². The Labute approximate surface area is 195 Å². The molecular formula is C26H34ClN3O2. The molecule has 5 nitrogen and oxygen atoms in total. The minimum atomic E-state index is -0.0262. The van der Waals surface area contributed by atoms with Crippen molar-refractivity contribution in [3.8, 4) is 0 Å². The van der Waals surface area contributed by atoms with E-state index in [0.717, 1.165) is 48.5 Å². The van der Waals surface area contributed by atoms with E-state index in [2.05, 4.69) is 29.5 Å². The van der Waals surface area contributed by atoms with Gasteiger partial charge >= 0.3 is 0 Å². The summed E-state index contributed by atoms with van der Waals surface area (Å²) in [7, 11) is 0. The van der Waals surface area contributed by atoms with Crippen molar-refractivity contribution in [1.82, 2.24) is 10.3 Å².